The largest absolute Gasteiger partial charge is 0.480 e. The van der Waals surface area contributed by atoms with Crippen molar-refractivity contribution in [2.45, 2.75) is 38.4 Å². The number of carboxylic acids is 1. The highest BCUT2D eigenvalue weighted by molar-refractivity contribution is 6.33. The molecule has 2 rings (SSSR count). The Morgan fingerprint density at radius 2 is 2.04 bits per heavy atom. The number of nitrogens with one attached hydrogen (secondary N) is 1. The van der Waals surface area contributed by atoms with Crippen LogP contribution in [0.4, 0.5) is 19.0 Å². The molecule has 2 heterocycles. The molecule has 6 nitrogen and oxygen atoms in total. The quantitative estimate of drug-likeness (QED) is 0.803. The number of pyridine rings is 1. The van der Waals surface area contributed by atoms with E-state index < -0.39 is 23.8 Å². The Bertz CT molecular complexity index is 676. The van der Waals surface area contributed by atoms with Crippen LogP contribution in [0.5, 0.6) is 0 Å². The van der Waals surface area contributed by atoms with E-state index in [-0.39, 0.29) is 29.1 Å². The van der Waals surface area contributed by atoms with Gasteiger partial charge in [0.15, 0.2) is 0 Å². The van der Waals surface area contributed by atoms with Gasteiger partial charge in [0.2, 0.25) is 5.91 Å². The number of rotatable bonds is 5. The van der Waals surface area contributed by atoms with Crippen LogP contribution < -0.4 is 10.2 Å². The van der Waals surface area contributed by atoms with E-state index in [1.807, 2.05) is 0 Å². The summed E-state index contributed by atoms with van der Waals surface area (Å²) in [5.74, 6) is -1.52. The molecule has 1 unspecified atom stereocenters. The molecule has 1 saturated heterocycles. The third kappa shape index (κ3) is 4.78. The van der Waals surface area contributed by atoms with Gasteiger partial charge in [-0.1, -0.05) is 18.5 Å². The van der Waals surface area contributed by atoms with Crippen LogP contribution in [-0.2, 0) is 15.8 Å². The molecule has 0 aromatic carbocycles. The second-order valence-electron chi connectivity index (χ2n) is 6.10. The Kier molecular flexibility index (Phi) is 6.33. The van der Waals surface area contributed by atoms with Crippen LogP contribution in [0.25, 0.3) is 0 Å². The first kappa shape index (κ1) is 20.3. The molecule has 2 N–H and O–H groups in total. The Labute approximate surface area is 153 Å². The van der Waals surface area contributed by atoms with Crippen molar-refractivity contribution in [3.63, 3.8) is 0 Å². The fourth-order valence-corrected chi connectivity index (χ4v) is 3.09. The number of carboxylic acid groups (broad SMARTS) is 1. The van der Waals surface area contributed by atoms with Gasteiger partial charge in [0.25, 0.3) is 0 Å². The lowest BCUT2D eigenvalue weighted by Crippen LogP contribution is -2.46. The molecule has 1 amide bonds. The standard InChI is InChI=1S/C16H19ClF3N3O3/c1-2-12(15(25)26)22-14(24)9-3-5-23(6-4-9)13-11(17)7-10(8-21-13)16(18,19)20/h7-9,12H,2-6H2,1H3,(H,22,24)(H,25,26). The average Bonchev–Trinajstić information content (AvgIpc) is 2.58. The molecular weight excluding hydrogens is 375 g/mol. The molecule has 0 radical (unpaired) electrons. The van der Waals surface area contributed by atoms with Gasteiger partial charge < -0.3 is 15.3 Å². The molecule has 0 saturated carbocycles. The summed E-state index contributed by atoms with van der Waals surface area (Å²) < 4.78 is 38.0. The number of nitrogens with zero attached hydrogens (tertiary/aromatic N) is 2. The number of aromatic nitrogens is 1. The maximum absolute atomic E-state index is 12.7. The van der Waals surface area contributed by atoms with Gasteiger partial charge in [-0.05, 0) is 25.3 Å². The third-order valence-corrected chi connectivity index (χ3v) is 4.62. The summed E-state index contributed by atoms with van der Waals surface area (Å²) >= 11 is 5.94. The normalized spacial score (nSPS) is 17.0. The van der Waals surface area contributed by atoms with Gasteiger partial charge >= 0.3 is 12.1 Å². The summed E-state index contributed by atoms with van der Waals surface area (Å²) in [7, 11) is 0. The van der Waals surface area contributed by atoms with Gasteiger partial charge in [0.05, 0.1) is 10.6 Å². The van der Waals surface area contributed by atoms with Gasteiger partial charge in [-0.15, -0.1) is 0 Å². The molecule has 10 heteroatoms. The summed E-state index contributed by atoms with van der Waals surface area (Å²) in [6.07, 6.45) is -2.63. The van der Waals surface area contributed by atoms with E-state index in [0.717, 1.165) is 12.3 Å². The Hall–Kier alpha value is -2.03. The first-order valence-corrected chi connectivity index (χ1v) is 8.52. The topological polar surface area (TPSA) is 82.5 Å². The predicted octanol–water partition coefficient (Wildman–Crippen LogP) is 2.95. The van der Waals surface area contributed by atoms with Crippen molar-refractivity contribution in [2.75, 3.05) is 18.0 Å². The van der Waals surface area contributed by atoms with Gasteiger partial charge in [0.1, 0.15) is 11.9 Å². The fraction of sp³-hybridized carbons (Fsp3) is 0.562. The number of amides is 1. The van der Waals surface area contributed by atoms with Crippen molar-refractivity contribution in [2.24, 2.45) is 5.92 Å². The monoisotopic (exact) mass is 393 g/mol. The lowest BCUT2D eigenvalue weighted by molar-refractivity contribution is -0.142. The van der Waals surface area contributed by atoms with Crippen molar-refractivity contribution in [3.05, 3.63) is 22.8 Å². The zero-order chi connectivity index (χ0) is 19.5. The minimum Gasteiger partial charge on any atom is -0.480 e. The molecule has 1 aromatic heterocycles. The number of alkyl halides is 3. The number of carbonyl (C=O) groups excluding carboxylic acids is 1. The van der Waals surface area contributed by atoms with Gasteiger partial charge in [-0.2, -0.15) is 13.2 Å². The number of anilines is 1. The van der Waals surface area contributed by atoms with Crippen molar-refractivity contribution in [3.8, 4) is 0 Å². The molecule has 1 fully saturated rings. The minimum absolute atomic E-state index is 0.0975. The molecule has 1 atom stereocenters. The van der Waals surface area contributed by atoms with Crippen LogP contribution in [0.3, 0.4) is 0 Å². The highest BCUT2D eigenvalue weighted by Gasteiger charge is 2.33. The molecule has 1 aliphatic rings. The van der Waals surface area contributed by atoms with Crippen LogP contribution in [-0.4, -0.2) is 41.1 Å². The second-order valence-corrected chi connectivity index (χ2v) is 6.50. The Balaban J connectivity index is 1.98. The van der Waals surface area contributed by atoms with Crippen LogP contribution in [0.15, 0.2) is 12.3 Å². The molecule has 26 heavy (non-hydrogen) atoms. The summed E-state index contributed by atoms with van der Waals surface area (Å²) in [4.78, 5) is 28.7. The van der Waals surface area contributed by atoms with E-state index in [4.69, 9.17) is 16.7 Å². The third-order valence-electron chi connectivity index (χ3n) is 4.34. The fourth-order valence-electron chi connectivity index (χ4n) is 2.80. The number of aliphatic carboxylic acids is 1. The summed E-state index contributed by atoms with van der Waals surface area (Å²) in [6.45, 7) is 2.44. The summed E-state index contributed by atoms with van der Waals surface area (Å²) in [6, 6.07) is -0.0898. The number of halogens is 4. The van der Waals surface area contributed by atoms with Gasteiger partial charge in [-0.3, -0.25) is 4.79 Å². The first-order valence-electron chi connectivity index (χ1n) is 8.14. The number of hydrogen-bond donors (Lipinski definition) is 2. The zero-order valence-corrected chi connectivity index (χ0v) is 14.8. The van der Waals surface area contributed by atoms with Gasteiger partial charge in [0, 0.05) is 25.2 Å². The van der Waals surface area contributed by atoms with Crippen LogP contribution in [0.2, 0.25) is 5.02 Å². The lowest BCUT2D eigenvalue weighted by Gasteiger charge is -2.33. The smallest absolute Gasteiger partial charge is 0.417 e. The van der Waals surface area contributed by atoms with Crippen LogP contribution >= 0.6 is 11.6 Å². The van der Waals surface area contributed by atoms with Crippen LogP contribution in [0.1, 0.15) is 31.7 Å². The Morgan fingerprint density at radius 3 is 2.50 bits per heavy atom. The minimum atomic E-state index is -4.51. The predicted molar refractivity (Wildman–Crippen MR) is 89.0 cm³/mol. The van der Waals surface area contributed by atoms with E-state index in [0.29, 0.717) is 25.9 Å². The summed E-state index contributed by atoms with van der Waals surface area (Å²) in [5.41, 5.74) is -0.917. The second kappa shape index (κ2) is 8.11. The molecule has 1 aromatic rings. The van der Waals surface area contributed by atoms with Crippen LogP contribution in [0, 0.1) is 5.92 Å². The van der Waals surface area contributed by atoms with Crippen molar-refractivity contribution in [1.29, 1.82) is 0 Å². The van der Waals surface area contributed by atoms with E-state index in [1.54, 1.807) is 11.8 Å². The molecule has 144 valence electrons. The molecule has 0 aliphatic carbocycles. The first-order chi connectivity index (χ1) is 12.1. The highest BCUT2D eigenvalue weighted by atomic mass is 35.5. The number of piperidine rings is 1. The molecule has 1 aliphatic heterocycles. The van der Waals surface area contributed by atoms with E-state index in [9.17, 15) is 22.8 Å². The summed E-state index contributed by atoms with van der Waals surface area (Å²) in [5, 5.41) is 11.4. The lowest BCUT2D eigenvalue weighted by atomic mass is 9.95. The van der Waals surface area contributed by atoms with Crippen molar-refractivity contribution >= 4 is 29.3 Å². The van der Waals surface area contributed by atoms with E-state index in [1.165, 1.54) is 0 Å². The van der Waals surface area contributed by atoms with Crippen molar-refractivity contribution in [1.82, 2.24) is 10.3 Å². The highest BCUT2D eigenvalue weighted by Crippen LogP contribution is 2.34. The maximum atomic E-state index is 12.7. The average molecular weight is 394 g/mol. The van der Waals surface area contributed by atoms with Gasteiger partial charge in [-0.25, -0.2) is 9.78 Å². The SMILES string of the molecule is CCC(NC(=O)C1CCN(c2ncc(C(F)(F)F)cc2Cl)CC1)C(=O)O. The Morgan fingerprint density at radius 1 is 1.42 bits per heavy atom. The van der Waals surface area contributed by atoms with E-state index >= 15 is 0 Å². The molecule has 0 bridgehead atoms. The van der Waals surface area contributed by atoms with Crippen molar-refractivity contribution < 1.29 is 27.9 Å². The molecular formula is C16H19ClF3N3O3. The maximum Gasteiger partial charge on any atom is 0.417 e. The van der Waals surface area contributed by atoms with E-state index in [2.05, 4.69) is 10.3 Å². The zero-order valence-electron chi connectivity index (χ0n) is 14.0. The number of carbonyl (C=O) groups is 2. The number of hydrogen-bond acceptors (Lipinski definition) is 4. The molecule has 0 spiro atoms.